The van der Waals surface area contributed by atoms with Crippen molar-refractivity contribution in [3.05, 3.63) is 59.4 Å². The first-order chi connectivity index (χ1) is 8.25. The largest absolute Gasteiger partial charge is 0.508 e. The summed E-state index contributed by atoms with van der Waals surface area (Å²) in [6.45, 7) is 3.32. The zero-order valence-electron chi connectivity index (χ0n) is 9.85. The Bertz CT molecular complexity index is 497. The molecule has 2 aromatic rings. The number of pyridine rings is 1. The fourth-order valence-corrected chi connectivity index (χ4v) is 1.68. The number of nitrogens with zero attached hydrogens (tertiary/aromatic N) is 1. The Morgan fingerprint density at radius 2 is 1.88 bits per heavy atom. The van der Waals surface area contributed by atoms with Crippen LogP contribution in [-0.2, 0) is 13.1 Å². The molecule has 0 bridgehead atoms. The number of aromatic nitrogens is 1. The molecular formula is C14H16N2O. The highest BCUT2D eigenvalue weighted by Crippen LogP contribution is 2.14. The molecule has 1 aromatic carbocycles. The van der Waals surface area contributed by atoms with Gasteiger partial charge in [-0.25, -0.2) is 0 Å². The number of nitrogens with one attached hydrogen (secondary N) is 1. The van der Waals surface area contributed by atoms with Crippen LogP contribution in [0.15, 0.2) is 42.5 Å². The van der Waals surface area contributed by atoms with Crippen molar-refractivity contribution in [2.45, 2.75) is 20.0 Å². The van der Waals surface area contributed by atoms with E-state index < -0.39 is 0 Å². The predicted octanol–water partition coefficient (Wildman–Crippen LogP) is 2.39. The number of para-hydroxylation sites is 1. The molecule has 0 atom stereocenters. The first-order valence-corrected chi connectivity index (χ1v) is 5.66. The second-order valence-corrected chi connectivity index (χ2v) is 4.00. The fourth-order valence-electron chi connectivity index (χ4n) is 1.68. The monoisotopic (exact) mass is 228 g/mol. The standard InChI is InChI=1S/C14H16N2O/c1-11-5-4-7-13(16-11)10-15-9-12-6-2-3-8-14(12)17/h2-8,15,17H,9-10H2,1H3. The Hall–Kier alpha value is -1.87. The molecule has 0 saturated heterocycles. The maximum Gasteiger partial charge on any atom is 0.120 e. The number of hydrogen-bond donors (Lipinski definition) is 2. The molecule has 0 aliphatic rings. The maximum absolute atomic E-state index is 9.60. The highest BCUT2D eigenvalue weighted by Gasteiger charge is 1.99. The van der Waals surface area contributed by atoms with E-state index in [0.29, 0.717) is 18.8 Å². The Labute approximate surface area is 101 Å². The van der Waals surface area contributed by atoms with Crippen LogP contribution < -0.4 is 5.32 Å². The van der Waals surface area contributed by atoms with Crippen LogP contribution in [-0.4, -0.2) is 10.1 Å². The molecule has 0 aliphatic carbocycles. The van der Waals surface area contributed by atoms with Crippen LogP contribution in [0.1, 0.15) is 17.0 Å². The molecule has 0 saturated carbocycles. The van der Waals surface area contributed by atoms with E-state index >= 15 is 0 Å². The lowest BCUT2D eigenvalue weighted by molar-refractivity contribution is 0.464. The van der Waals surface area contributed by atoms with E-state index in [0.717, 1.165) is 17.0 Å². The van der Waals surface area contributed by atoms with E-state index in [1.54, 1.807) is 6.07 Å². The number of benzene rings is 1. The van der Waals surface area contributed by atoms with Crippen molar-refractivity contribution in [3.8, 4) is 5.75 Å². The van der Waals surface area contributed by atoms with Crippen LogP contribution in [0.3, 0.4) is 0 Å². The molecule has 3 nitrogen and oxygen atoms in total. The van der Waals surface area contributed by atoms with Gasteiger partial charge >= 0.3 is 0 Å². The predicted molar refractivity (Wildman–Crippen MR) is 67.6 cm³/mol. The first-order valence-electron chi connectivity index (χ1n) is 5.66. The summed E-state index contributed by atoms with van der Waals surface area (Å²) in [4.78, 5) is 4.40. The number of hydrogen-bond acceptors (Lipinski definition) is 3. The first kappa shape index (κ1) is 11.6. The molecule has 0 aliphatic heterocycles. The van der Waals surface area contributed by atoms with Gasteiger partial charge in [0.25, 0.3) is 0 Å². The number of phenolic OH excluding ortho intramolecular Hbond substituents is 1. The van der Waals surface area contributed by atoms with Crippen LogP contribution >= 0.6 is 0 Å². The summed E-state index contributed by atoms with van der Waals surface area (Å²) in [5.74, 6) is 0.331. The highest BCUT2D eigenvalue weighted by atomic mass is 16.3. The van der Waals surface area contributed by atoms with Crippen LogP contribution in [0.4, 0.5) is 0 Å². The number of aryl methyl sites for hydroxylation is 1. The van der Waals surface area contributed by atoms with Crippen molar-refractivity contribution in [2.75, 3.05) is 0 Å². The van der Waals surface area contributed by atoms with E-state index in [9.17, 15) is 5.11 Å². The van der Waals surface area contributed by atoms with Crippen LogP contribution in [0, 0.1) is 6.92 Å². The summed E-state index contributed by atoms with van der Waals surface area (Å²) < 4.78 is 0. The molecule has 1 aromatic heterocycles. The minimum atomic E-state index is 0.331. The van der Waals surface area contributed by atoms with Crippen molar-refractivity contribution in [3.63, 3.8) is 0 Å². The molecular weight excluding hydrogens is 212 g/mol. The van der Waals surface area contributed by atoms with Gasteiger partial charge in [-0.1, -0.05) is 24.3 Å². The smallest absolute Gasteiger partial charge is 0.120 e. The minimum absolute atomic E-state index is 0.331. The molecule has 88 valence electrons. The molecule has 3 heteroatoms. The van der Waals surface area contributed by atoms with Crippen molar-refractivity contribution in [1.29, 1.82) is 0 Å². The second-order valence-electron chi connectivity index (χ2n) is 4.00. The van der Waals surface area contributed by atoms with Crippen LogP contribution in [0.5, 0.6) is 5.75 Å². The lowest BCUT2D eigenvalue weighted by Crippen LogP contribution is -2.13. The summed E-state index contributed by atoms with van der Waals surface area (Å²) >= 11 is 0. The quantitative estimate of drug-likeness (QED) is 0.844. The van der Waals surface area contributed by atoms with Crippen molar-refractivity contribution in [2.24, 2.45) is 0 Å². The van der Waals surface area contributed by atoms with Gasteiger partial charge in [0.1, 0.15) is 5.75 Å². The van der Waals surface area contributed by atoms with Crippen LogP contribution in [0.2, 0.25) is 0 Å². The molecule has 0 spiro atoms. The third-order valence-corrected chi connectivity index (χ3v) is 2.56. The SMILES string of the molecule is Cc1cccc(CNCc2ccccc2O)n1. The van der Waals surface area contributed by atoms with Gasteiger partial charge in [-0.3, -0.25) is 4.98 Å². The number of phenols is 1. The zero-order valence-corrected chi connectivity index (χ0v) is 9.85. The van der Waals surface area contributed by atoms with Gasteiger partial charge in [-0.15, -0.1) is 0 Å². The zero-order chi connectivity index (χ0) is 12.1. The molecule has 0 unspecified atom stereocenters. The Morgan fingerprint density at radius 3 is 2.65 bits per heavy atom. The molecule has 17 heavy (non-hydrogen) atoms. The van der Waals surface area contributed by atoms with Gasteiger partial charge in [0.05, 0.1) is 5.69 Å². The third kappa shape index (κ3) is 3.29. The van der Waals surface area contributed by atoms with E-state index in [2.05, 4.69) is 10.3 Å². The Balaban J connectivity index is 1.90. The minimum Gasteiger partial charge on any atom is -0.508 e. The maximum atomic E-state index is 9.60. The summed E-state index contributed by atoms with van der Waals surface area (Å²) in [6.07, 6.45) is 0. The van der Waals surface area contributed by atoms with Crippen molar-refractivity contribution < 1.29 is 5.11 Å². The fraction of sp³-hybridized carbons (Fsp3) is 0.214. The summed E-state index contributed by atoms with van der Waals surface area (Å²) in [5.41, 5.74) is 2.94. The summed E-state index contributed by atoms with van der Waals surface area (Å²) in [5, 5.41) is 12.9. The summed E-state index contributed by atoms with van der Waals surface area (Å²) in [6, 6.07) is 13.3. The lowest BCUT2D eigenvalue weighted by atomic mass is 10.2. The molecule has 2 N–H and O–H groups in total. The van der Waals surface area contributed by atoms with Gasteiger partial charge in [-0.2, -0.15) is 0 Å². The van der Waals surface area contributed by atoms with Crippen molar-refractivity contribution in [1.82, 2.24) is 10.3 Å². The third-order valence-electron chi connectivity index (χ3n) is 2.56. The van der Waals surface area contributed by atoms with E-state index in [1.807, 2.05) is 43.3 Å². The van der Waals surface area contributed by atoms with E-state index in [-0.39, 0.29) is 0 Å². The Kier molecular flexibility index (Phi) is 3.73. The van der Waals surface area contributed by atoms with Gasteiger partial charge in [-0.05, 0) is 25.1 Å². The molecule has 2 rings (SSSR count). The average Bonchev–Trinajstić information content (AvgIpc) is 2.32. The van der Waals surface area contributed by atoms with Crippen LogP contribution in [0.25, 0.3) is 0 Å². The molecule has 0 amide bonds. The van der Waals surface area contributed by atoms with Gasteiger partial charge in [0.15, 0.2) is 0 Å². The van der Waals surface area contributed by atoms with E-state index in [4.69, 9.17) is 0 Å². The molecule has 0 fully saturated rings. The topological polar surface area (TPSA) is 45.1 Å². The van der Waals surface area contributed by atoms with Crippen molar-refractivity contribution >= 4 is 0 Å². The van der Waals surface area contributed by atoms with E-state index in [1.165, 1.54) is 0 Å². The Morgan fingerprint density at radius 1 is 1.06 bits per heavy atom. The molecule has 0 radical (unpaired) electrons. The number of aromatic hydroxyl groups is 1. The highest BCUT2D eigenvalue weighted by molar-refractivity contribution is 5.31. The van der Waals surface area contributed by atoms with Gasteiger partial charge < -0.3 is 10.4 Å². The van der Waals surface area contributed by atoms with Gasteiger partial charge in [0, 0.05) is 24.3 Å². The second kappa shape index (κ2) is 5.46. The normalized spacial score (nSPS) is 10.4. The lowest BCUT2D eigenvalue weighted by Gasteiger charge is -2.06. The molecule has 1 heterocycles. The number of rotatable bonds is 4. The van der Waals surface area contributed by atoms with Gasteiger partial charge in [0.2, 0.25) is 0 Å². The summed E-state index contributed by atoms with van der Waals surface area (Å²) in [7, 11) is 0. The average molecular weight is 228 g/mol.